The van der Waals surface area contributed by atoms with Gasteiger partial charge in [0.2, 0.25) is 0 Å². The maximum Gasteiger partial charge on any atom is 0.251 e. The van der Waals surface area contributed by atoms with Crippen molar-refractivity contribution in [1.29, 1.82) is 0 Å². The highest BCUT2D eigenvalue weighted by molar-refractivity contribution is 5.81. The van der Waals surface area contributed by atoms with Crippen LogP contribution in [0.25, 0.3) is 0 Å². The number of aliphatic hydroxyl groups excluding tert-OH is 5. The van der Waals surface area contributed by atoms with Gasteiger partial charge in [-0.15, -0.1) is 0 Å². The minimum atomic E-state index is -1.87. The lowest BCUT2D eigenvalue weighted by Gasteiger charge is -2.24. The SMILES string of the molecule is CCCCCCCCCCCNCCCNC(=O)[C@H](O)[C@@H](O)[C@H](O)[C@H](O)CO. The lowest BCUT2D eigenvalue weighted by molar-refractivity contribution is -0.148. The van der Waals surface area contributed by atoms with Crippen LogP contribution in [0.15, 0.2) is 0 Å². The molecule has 0 radical (unpaired) electrons. The first-order chi connectivity index (χ1) is 13.5. The van der Waals surface area contributed by atoms with Crippen molar-refractivity contribution in [1.82, 2.24) is 10.6 Å². The Morgan fingerprint density at radius 3 is 1.86 bits per heavy atom. The Bertz CT molecular complexity index is 373. The van der Waals surface area contributed by atoms with Gasteiger partial charge in [-0.1, -0.05) is 58.3 Å². The minimum Gasteiger partial charge on any atom is -0.394 e. The molecule has 0 fully saturated rings. The van der Waals surface area contributed by atoms with Gasteiger partial charge in [-0.05, 0) is 25.9 Å². The molecule has 0 saturated carbocycles. The van der Waals surface area contributed by atoms with Gasteiger partial charge in [-0.2, -0.15) is 0 Å². The largest absolute Gasteiger partial charge is 0.394 e. The topological polar surface area (TPSA) is 142 Å². The fraction of sp³-hybridized carbons (Fsp3) is 0.950. The minimum absolute atomic E-state index is 0.325. The zero-order chi connectivity index (χ0) is 21.2. The van der Waals surface area contributed by atoms with E-state index in [1.807, 2.05) is 0 Å². The summed E-state index contributed by atoms with van der Waals surface area (Å²) >= 11 is 0. The van der Waals surface area contributed by atoms with Crippen molar-refractivity contribution in [2.24, 2.45) is 0 Å². The Labute approximate surface area is 169 Å². The quantitative estimate of drug-likeness (QED) is 0.150. The average Bonchev–Trinajstić information content (AvgIpc) is 2.71. The number of rotatable bonds is 19. The Balaban J connectivity index is 3.54. The van der Waals surface area contributed by atoms with Crippen LogP contribution in [0.3, 0.4) is 0 Å². The highest BCUT2D eigenvalue weighted by atomic mass is 16.4. The molecule has 168 valence electrons. The van der Waals surface area contributed by atoms with Gasteiger partial charge >= 0.3 is 0 Å². The molecule has 0 heterocycles. The number of carbonyl (C=O) groups is 1. The summed E-state index contributed by atoms with van der Waals surface area (Å²) in [6, 6.07) is 0. The van der Waals surface area contributed by atoms with Crippen molar-refractivity contribution in [3.63, 3.8) is 0 Å². The molecule has 0 spiro atoms. The first-order valence-electron chi connectivity index (χ1n) is 10.8. The maximum atomic E-state index is 11.7. The average molecular weight is 407 g/mol. The molecule has 0 aromatic heterocycles. The molecule has 28 heavy (non-hydrogen) atoms. The number of nitrogens with one attached hydrogen (secondary N) is 2. The standard InChI is InChI=1S/C20H42N2O6/c1-2-3-4-5-6-7-8-9-10-12-21-13-11-14-22-20(28)19(27)18(26)17(25)16(24)15-23/h16-19,21,23-27H,2-15H2,1H3,(H,22,28)/t16-,17-,18+,19-/m1/s1. The van der Waals surface area contributed by atoms with Gasteiger partial charge in [0, 0.05) is 6.54 Å². The summed E-state index contributed by atoms with van der Waals surface area (Å²) in [4.78, 5) is 11.7. The van der Waals surface area contributed by atoms with Crippen LogP contribution < -0.4 is 10.6 Å². The Hall–Kier alpha value is -0.770. The summed E-state index contributed by atoms with van der Waals surface area (Å²) in [6.45, 7) is 3.45. The molecule has 8 nitrogen and oxygen atoms in total. The third-order valence-electron chi connectivity index (χ3n) is 4.81. The molecule has 0 aliphatic carbocycles. The molecule has 0 aliphatic rings. The third-order valence-corrected chi connectivity index (χ3v) is 4.81. The van der Waals surface area contributed by atoms with E-state index >= 15 is 0 Å². The fourth-order valence-electron chi connectivity index (χ4n) is 2.89. The van der Waals surface area contributed by atoms with Crippen LogP contribution in [0.1, 0.15) is 71.1 Å². The monoisotopic (exact) mass is 406 g/mol. The van der Waals surface area contributed by atoms with Crippen molar-refractivity contribution < 1.29 is 30.3 Å². The third kappa shape index (κ3) is 13.4. The molecular formula is C20H42N2O6. The van der Waals surface area contributed by atoms with Gasteiger partial charge in [0.05, 0.1) is 6.61 Å². The van der Waals surface area contributed by atoms with Crippen molar-refractivity contribution in [3.8, 4) is 0 Å². The Morgan fingerprint density at radius 2 is 1.29 bits per heavy atom. The predicted octanol–water partition coefficient (Wildman–Crippen LogP) is 0.0490. The number of unbranched alkanes of at least 4 members (excludes halogenated alkanes) is 8. The van der Waals surface area contributed by atoms with Gasteiger partial charge in [-0.3, -0.25) is 4.79 Å². The lowest BCUT2D eigenvalue weighted by Crippen LogP contribution is -2.51. The molecule has 8 heteroatoms. The van der Waals surface area contributed by atoms with Crippen molar-refractivity contribution in [2.75, 3.05) is 26.2 Å². The molecule has 1 amide bonds. The normalized spacial score (nSPS) is 15.8. The number of aliphatic hydroxyl groups is 5. The van der Waals surface area contributed by atoms with E-state index in [4.69, 9.17) is 5.11 Å². The molecule has 0 aromatic rings. The zero-order valence-electron chi connectivity index (χ0n) is 17.4. The highest BCUT2D eigenvalue weighted by Gasteiger charge is 2.33. The first-order valence-corrected chi connectivity index (χ1v) is 10.8. The summed E-state index contributed by atoms with van der Waals surface area (Å²) in [5, 5.41) is 52.5. The van der Waals surface area contributed by atoms with Crippen LogP contribution in [0, 0.1) is 0 Å². The van der Waals surface area contributed by atoms with Gasteiger partial charge in [0.25, 0.3) is 5.91 Å². The second kappa shape index (κ2) is 18.3. The second-order valence-electron chi connectivity index (χ2n) is 7.40. The molecule has 0 aromatic carbocycles. The predicted molar refractivity (Wildman–Crippen MR) is 109 cm³/mol. The Kier molecular flexibility index (Phi) is 17.8. The van der Waals surface area contributed by atoms with Crippen molar-refractivity contribution in [2.45, 2.75) is 95.5 Å². The molecule has 0 aliphatic heterocycles. The summed E-state index contributed by atoms with van der Waals surface area (Å²) < 4.78 is 0. The number of amides is 1. The zero-order valence-corrected chi connectivity index (χ0v) is 17.4. The fourth-order valence-corrected chi connectivity index (χ4v) is 2.89. The van der Waals surface area contributed by atoms with Crippen LogP contribution in [0.4, 0.5) is 0 Å². The van der Waals surface area contributed by atoms with Gasteiger partial charge in [0.15, 0.2) is 6.10 Å². The number of carbonyl (C=O) groups excluding carboxylic acids is 1. The van der Waals surface area contributed by atoms with E-state index in [1.165, 1.54) is 51.4 Å². The summed E-state index contributed by atoms with van der Waals surface area (Å²) in [5.74, 6) is -0.823. The van der Waals surface area contributed by atoms with E-state index in [9.17, 15) is 25.2 Å². The van der Waals surface area contributed by atoms with Crippen LogP contribution in [0.2, 0.25) is 0 Å². The van der Waals surface area contributed by atoms with Gasteiger partial charge in [-0.25, -0.2) is 0 Å². The van der Waals surface area contributed by atoms with Crippen molar-refractivity contribution >= 4 is 5.91 Å². The van der Waals surface area contributed by atoms with Crippen molar-refractivity contribution in [3.05, 3.63) is 0 Å². The number of hydrogen-bond donors (Lipinski definition) is 7. The first kappa shape index (κ1) is 27.2. The van der Waals surface area contributed by atoms with Gasteiger partial charge < -0.3 is 36.2 Å². The van der Waals surface area contributed by atoms with Crippen LogP contribution in [-0.2, 0) is 4.79 Å². The van der Waals surface area contributed by atoms with E-state index in [2.05, 4.69) is 17.6 Å². The number of hydrogen-bond acceptors (Lipinski definition) is 7. The van der Waals surface area contributed by atoms with Crippen LogP contribution in [0.5, 0.6) is 0 Å². The molecule has 0 bridgehead atoms. The van der Waals surface area contributed by atoms with E-state index in [1.54, 1.807) is 0 Å². The van der Waals surface area contributed by atoms with E-state index in [0.717, 1.165) is 19.5 Å². The van der Waals surface area contributed by atoms with E-state index in [-0.39, 0.29) is 0 Å². The Morgan fingerprint density at radius 1 is 0.750 bits per heavy atom. The highest BCUT2D eigenvalue weighted by Crippen LogP contribution is 2.09. The molecule has 0 saturated heterocycles. The van der Waals surface area contributed by atoms with Crippen LogP contribution in [-0.4, -0.2) is 82.1 Å². The van der Waals surface area contributed by atoms with E-state index in [0.29, 0.717) is 13.0 Å². The maximum absolute atomic E-state index is 11.7. The molecule has 7 N–H and O–H groups in total. The summed E-state index contributed by atoms with van der Waals surface area (Å²) in [7, 11) is 0. The molecule has 0 rings (SSSR count). The smallest absolute Gasteiger partial charge is 0.251 e. The van der Waals surface area contributed by atoms with Gasteiger partial charge in [0.1, 0.15) is 18.3 Å². The molecular weight excluding hydrogens is 364 g/mol. The molecule has 4 atom stereocenters. The molecule has 0 unspecified atom stereocenters. The summed E-state index contributed by atoms with van der Waals surface area (Å²) in [6.07, 6.45) is 5.15. The summed E-state index contributed by atoms with van der Waals surface area (Å²) in [5.41, 5.74) is 0. The van der Waals surface area contributed by atoms with E-state index < -0.39 is 36.9 Å². The lowest BCUT2D eigenvalue weighted by atomic mass is 10.0. The second-order valence-corrected chi connectivity index (χ2v) is 7.40. The van der Waals surface area contributed by atoms with Crippen LogP contribution >= 0.6 is 0 Å².